The first-order valence-corrected chi connectivity index (χ1v) is 8.67. The summed E-state index contributed by atoms with van der Waals surface area (Å²) >= 11 is 1.50. The Balaban J connectivity index is 1.87. The molecule has 0 aliphatic carbocycles. The van der Waals surface area contributed by atoms with Crippen LogP contribution in [0.3, 0.4) is 0 Å². The van der Waals surface area contributed by atoms with Gasteiger partial charge in [0, 0.05) is 10.9 Å². The molecule has 0 spiro atoms. The first-order valence-electron chi connectivity index (χ1n) is 7.79. The first kappa shape index (κ1) is 17.9. The molecule has 0 bridgehead atoms. The molecule has 0 aliphatic rings. The number of aromatic nitrogens is 3. The van der Waals surface area contributed by atoms with E-state index in [0.29, 0.717) is 29.4 Å². The van der Waals surface area contributed by atoms with Crippen LogP contribution >= 0.6 is 11.3 Å². The van der Waals surface area contributed by atoms with Gasteiger partial charge in [-0.1, -0.05) is 0 Å². The highest BCUT2D eigenvalue weighted by atomic mass is 32.1. The van der Waals surface area contributed by atoms with E-state index in [2.05, 4.69) is 10.1 Å². The molecule has 0 saturated heterocycles. The van der Waals surface area contributed by atoms with Gasteiger partial charge in [0.15, 0.2) is 11.5 Å². The van der Waals surface area contributed by atoms with Crippen LogP contribution in [0.1, 0.15) is 17.1 Å². The van der Waals surface area contributed by atoms with Crippen molar-refractivity contribution in [2.75, 3.05) is 14.2 Å². The molecule has 0 N–H and O–H groups in total. The van der Waals surface area contributed by atoms with Gasteiger partial charge >= 0.3 is 5.69 Å². The zero-order valence-corrected chi connectivity index (χ0v) is 15.7. The van der Waals surface area contributed by atoms with Crippen molar-refractivity contribution >= 4 is 17.0 Å². The van der Waals surface area contributed by atoms with Crippen LogP contribution in [0.25, 0.3) is 10.6 Å². The number of nitro groups is 1. The van der Waals surface area contributed by atoms with Crippen LogP contribution in [0.5, 0.6) is 11.5 Å². The Hall–Kier alpha value is -2.94. The van der Waals surface area contributed by atoms with E-state index in [1.165, 1.54) is 11.3 Å². The Labute approximate surface area is 154 Å². The first-order chi connectivity index (χ1) is 12.4. The van der Waals surface area contributed by atoms with Crippen LogP contribution in [-0.2, 0) is 6.54 Å². The summed E-state index contributed by atoms with van der Waals surface area (Å²) in [4.78, 5) is 15.4. The number of hydrogen-bond donors (Lipinski definition) is 0. The Morgan fingerprint density at radius 1 is 1.23 bits per heavy atom. The number of hydrogen-bond acceptors (Lipinski definition) is 7. The second kappa shape index (κ2) is 7.12. The van der Waals surface area contributed by atoms with E-state index < -0.39 is 4.92 Å². The normalized spacial score (nSPS) is 10.8. The van der Waals surface area contributed by atoms with E-state index in [1.54, 1.807) is 32.7 Å². The van der Waals surface area contributed by atoms with Gasteiger partial charge in [-0.15, -0.1) is 11.3 Å². The minimum absolute atomic E-state index is 0.0559. The lowest BCUT2D eigenvalue weighted by molar-refractivity contribution is -0.386. The van der Waals surface area contributed by atoms with Crippen molar-refractivity contribution in [2.24, 2.45) is 0 Å². The van der Waals surface area contributed by atoms with Gasteiger partial charge in [-0.25, -0.2) is 4.98 Å². The summed E-state index contributed by atoms with van der Waals surface area (Å²) in [5, 5.41) is 18.1. The van der Waals surface area contributed by atoms with E-state index >= 15 is 0 Å². The van der Waals surface area contributed by atoms with Gasteiger partial charge in [-0.3, -0.25) is 14.8 Å². The molecule has 0 unspecified atom stereocenters. The molecule has 0 atom stereocenters. The van der Waals surface area contributed by atoms with Crippen molar-refractivity contribution in [1.82, 2.24) is 14.8 Å². The average molecular weight is 374 g/mol. The number of benzene rings is 1. The van der Waals surface area contributed by atoms with Gasteiger partial charge < -0.3 is 9.47 Å². The van der Waals surface area contributed by atoms with Crippen LogP contribution in [-0.4, -0.2) is 33.9 Å². The molecule has 9 heteroatoms. The maximum absolute atomic E-state index is 11.1. The second-order valence-electron chi connectivity index (χ2n) is 5.65. The molecule has 0 radical (unpaired) electrons. The van der Waals surface area contributed by atoms with E-state index in [4.69, 9.17) is 9.47 Å². The summed E-state index contributed by atoms with van der Waals surface area (Å²) in [6, 6.07) is 5.62. The molecule has 1 aromatic carbocycles. The molecular weight excluding hydrogens is 356 g/mol. The Kier molecular flexibility index (Phi) is 4.90. The lowest BCUT2D eigenvalue weighted by atomic mass is 10.2. The maximum atomic E-state index is 11.1. The highest BCUT2D eigenvalue weighted by molar-refractivity contribution is 7.13. The molecule has 3 aromatic rings. The standard InChI is InChI=1S/C17H18N4O4S/c1-10-16(21(22)23)11(2)20(19-10)8-13-9-26-17(18-13)12-5-6-14(24-3)15(7-12)25-4/h5-7,9H,8H2,1-4H3. The fraction of sp³-hybridized carbons (Fsp3) is 0.294. The van der Waals surface area contributed by atoms with Crippen molar-refractivity contribution in [3.63, 3.8) is 0 Å². The lowest BCUT2D eigenvalue weighted by Crippen LogP contribution is -2.04. The molecule has 3 rings (SSSR count). The fourth-order valence-corrected chi connectivity index (χ4v) is 3.55. The predicted octanol–water partition coefficient (Wildman–Crippen LogP) is 3.60. The minimum atomic E-state index is -0.399. The number of ether oxygens (including phenoxy) is 2. The third-order valence-corrected chi connectivity index (χ3v) is 4.96. The minimum Gasteiger partial charge on any atom is -0.493 e. The summed E-state index contributed by atoms with van der Waals surface area (Å²) in [7, 11) is 3.18. The zero-order chi connectivity index (χ0) is 18.8. The Morgan fingerprint density at radius 2 is 1.96 bits per heavy atom. The zero-order valence-electron chi connectivity index (χ0n) is 14.8. The largest absolute Gasteiger partial charge is 0.493 e. The predicted molar refractivity (Wildman–Crippen MR) is 98.1 cm³/mol. The highest BCUT2D eigenvalue weighted by Gasteiger charge is 2.22. The monoisotopic (exact) mass is 374 g/mol. The summed E-state index contributed by atoms with van der Waals surface area (Å²) < 4.78 is 12.2. The van der Waals surface area contributed by atoms with E-state index in [0.717, 1.165) is 16.3 Å². The van der Waals surface area contributed by atoms with Crippen molar-refractivity contribution < 1.29 is 14.4 Å². The van der Waals surface area contributed by atoms with Crippen LogP contribution in [0.4, 0.5) is 5.69 Å². The molecule has 0 amide bonds. The van der Waals surface area contributed by atoms with E-state index in [1.807, 2.05) is 23.6 Å². The molecule has 0 aliphatic heterocycles. The number of nitrogens with zero attached hydrogens (tertiary/aromatic N) is 4. The SMILES string of the molecule is COc1ccc(-c2nc(Cn3nc(C)c([N+](=O)[O-])c3C)cs2)cc1OC. The van der Waals surface area contributed by atoms with Crippen molar-refractivity contribution in [3.8, 4) is 22.1 Å². The van der Waals surface area contributed by atoms with Crippen LogP contribution in [0.2, 0.25) is 0 Å². The van der Waals surface area contributed by atoms with Crippen LogP contribution in [0.15, 0.2) is 23.6 Å². The van der Waals surface area contributed by atoms with Crippen molar-refractivity contribution in [1.29, 1.82) is 0 Å². The maximum Gasteiger partial charge on any atom is 0.312 e. The number of thiazole rings is 1. The molecular formula is C17H18N4O4S. The van der Waals surface area contributed by atoms with Gasteiger partial charge in [-0.05, 0) is 32.0 Å². The summed E-state index contributed by atoms with van der Waals surface area (Å²) in [5.41, 5.74) is 2.69. The van der Waals surface area contributed by atoms with Gasteiger partial charge in [0.1, 0.15) is 16.4 Å². The number of methoxy groups -OCH3 is 2. The van der Waals surface area contributed by atoms with Crippen molar-refractivity contribution in [3.05, 3.63) is 50.8 Å². The van der Waals surface area contributed by atoms with Gasteiger partial charge in [-0.2, -0.15) is 5.10 Å². The topological polar surface area (TPSA) is 92.3 Å². The highest BCUT2D eigenvalue weighted by Crippen LogP contribution is 2.33. The molecule has 2 heterocycles. The molecule has 26 heavy (non-hydrogen) atoms. The van der Waals surface area contributed by atoms with Crippen LogP contribution in [0, 0.1) is 24.0 Å². The second-order valence-corrected chi connectivity index (χ2v) is 6.51. The Bertz CT molecular complexity index is 964. The van der Waals surface area contributed by atoms with Gasteiger partial charge in [0.2, 0.25) is 0 Å². The lowest BCUT2D eigenvalue weighted by Gasteiger charge is -2.08. The molecule has 2 aromatic heterocycles. The van der Waals surface area contributed by atoms with Crippen LogP contribution < -0.4 is 9.47 Å². The number of rotatable bonds is 6. The summed E-state index contributed by atoms with van der Waals surface area (Å²) in [6.45, 7) is 3.71. The average Bonchev–Trinajstić information content (AvgIpc) is 3.19. The quantitative estimate of drug-likeness (QED) is 0.483. The fourth-order valence-electron chi connectivity index (χ4n) is 2.74. The smallest absolute Gasteiger partial charge is 0.312 e. The molecule has 8 nitrogen and oxygen atoms in total. The summed E-state index contributed by atoms with van der Waals surface area (Å²) in [6.07, 6.45) is 0. The third kappa shape index (κ3) is 3.25. The molecule has 136 valence electrons. The van der Waals surface area contributed by atoms with Crippen molar-refractivity contribution in [2.45, 2.75) is 20.4 Å². The van der Waals surface area contributed by atoms with E-state index in [-0.39, 0.29) is 5.69 Å². The van der Waals surface area contributed by atoms with Gasteiger partial charge in [0.25, 0.3) is 0 Å². The number of aryl methyl sites for hydroxylation is 1. The molecule has 0 saturated carbocycles. The molecule has 0 fully saturated rings. The third-order valence-electron chi connectivity index (χ3n) is 4.02. The summed E-state index contributed by atoms with van der Waals surface area (Å²) in [5.74, 6) is 1.29. The Morgan fingerprint density at radius 3 is 2.58 bits per heavy atom. The van der Waals surface area contributed by atoms with E-state index in [9.17, 15) is 10.1 Å². The van der Waals surface area contributed by atoms with Gasteiger partial charge in [0.05, 0.1) is 31.4 Å².